The second-order valence-electron chi connectivity index (χ2n) is 5.11. The standard InChI is InChI=1S/C14H14O4/c1-7-4-9-5-8(2-3-12(9)18-7)13(15)10-6-11(10)14(16)17/h2-3,5,7,10-11H,4,6H2,1H3,(H,16,17). The number of carboxylic acid groups (broad SMARTS) is 1. The molecule has 0 amide bonds. The molecule has 1 heterocycles. The highest BCUT2D eigenvalue weighted by Crippen LogP contribution is 2.41. The van der Waals surface area contributed by atoms with Crippen LogP contribution in [0.25, 0.3) is 0 Å². The summed E-state index contributed by atoms with van der Waals surface area (Å²) in [5.41, 5.74) is 1.65. The van der Waals surface area contributed by atoms with Crippen molar-refractivity contribution >= 4 is 11.8 Å². The third kappa shape index (κ3) is 1.78. The second kappa shape index (κ2) is 3.83. The molecule has 0 saturated heterocycles. The summed E-state index contributed by atoms with van der Waals surface area (Å²) in [5, 5.41) is 8.84. The zero-order valence-corrected chi connectivity index (χ0v) is 10.1. The van der Waals surface area contributed by atoms with Crippen molar-refractivity contribution in [2.24, 2.45) is 11.8 Å². The fraction of sp³-hybridized carbons (Fsp3) is 0.429. The normalized spacial score (nSPS) is 28.4. The molecule has 0 bridgehead atoms. The number of carbonyl (C=O) groups excluding carboxylic acids is 1. The van der Waals surface area contributed by atoms with Gasteiger partial charge in [0.2, 0.25) is 0 Å². The minimum atomic E-state index is -0.869. The number of ketones is 1. The Balaban J connectivity index is 1.80. The molecule has 3 rings (SSSR count). The number of hydrogen-bond acceptors (Lipinski definition) is 3. The number of benzene rings is 1. The molecule has 0 radical (unpaired) electrons. The molecule has 4 nitrogen and oxygen atoms in total. The van der Waals surface area contributed by atoms with Crippen LogP contribution < -0.4 is 4.74 Å². The van der Waals surface area contributed by atoms with Gasteiger partial charge in [-0.25, -0.2) is 0 Å². The Hall–Kier alpha value is -1.84. The molecule has 0 aromatic heterocycles. The average Bonchev–Trinajstić information content (AvgIpc) is 3.03. The molecular formula is C14H14O4. The van der Waals surface area contributed by atoms with Gasteiger partial charge in [-0.3, -0.25) is 9.59 Å². The first-order valence-electron chi connectivity index (χ1n) is 6.13. The SMILES string of the molecule is CC1Cc2cc(C(=O)C3CC3C(=O)O)ccc2O1. The van der Waals surface area contributed by atoms with E-state index in [4.69, 9.17) is 9.84 Å². The van der Waals surface area contributed by atoms with Gasteiger partial charge in [-0.15, -0.1) is 0 Å². The van der Waals surface area contributed by atoms with E-state index in [1.165, 1.54) is 0 Å². The summed E-state index contributed by atoms with van der Waals surface area (Å²) in [5.74, 6) is -0.901. The smallest absolute Gasteiger partial charge is 0.307 e. The number of rotatable bonds is 3. The van der Waals surface area contributed by atoms with Gasteiger partial charge in [-0.2, -0.15) is 0 Å². The highest BCUT2D eigenvalue weighted by atomic mass is 16.5. The molecule has 1 aliphatic carbocycles. The Morgan fingerprint density at radius 3 is 2.78 bits per heavy atom. The van der Waals surface area contributed by atoms with Crippen LogP contribution in [-0.2, 0) is 11.2 Å². The third-order valence-corrected chi connectivity index (χ3v) is 3.62. The van der Waals surface area contributed by atoms with Crippen LogP contribution in [0.5, 0.6) is 5.75 Å². The molecule has 1 fully saturated rings. The maximum atomic E-state index is 12.1. The highest BCUT2D eigenvalue weighted by Gasteiger charge is 2.48. The maximum absolute atomic E-state index is 12.1. The van der Waals surface area contributed by atoms with Crippen molar-refractivity contribution in [1.82, 2.24) is 0 Å². The number of ether oxygens (including phenoxy) is 1. The fourth-order valence-electron chi connectivity index (χ4n) is 2.55. The largest absolute Gasteiger partial charge is 0.490 e. The Morgan fingerprint density at radius 2 is 2.11 bits per heavy atom. The number of Topliss-reactive ketones (excluding diaryl/α,β-unsaturated/α-hetero) is 1. The van der Waals surface area contributed by atoms with Crippen molar-refractivity contribution in [2.45, 2.75) is 25.9 Å². The molecule has 1 N–H and O–H groups in total. The van der Waals surface area contributed by atoms with Gasteiger partial charge < -0.3 is 9.84 Å². The van der Waals surface area contributed by atoms with Crippen LogP contribution in [0.3, 0.4) is 0 Å². The summed E-state index contributed by atoms with van der Waals surface area (Å²) >= 11 is 0. The van der Waals surface area contributed by atoms with Crippen molar-refractivity contribution in [3.8, 4) is 5.75 Å². The fourth-order valence-corrected chi connectivity index (χ4v) is 2.55. The van der Waals surface area contributed by atoms with E-state index >= 15 is 0 Å². The van der Waals surface area contributed by atoms with E-state index < -0.39 is 11.9 Å². The summed E-state index contributed by atoms with van der Waals surface area (Å²) < 4.78 is 5.57. The Bertz CT molecular complexity index is 535. The molecule has 1 saturated carbocycles. The number of aliphatic carboxylic acids is 1. The number of fused-ring (bicyclic) bond motifs is 1. The van der Waals surface area contributed by atoms with Gasteiger partial charge in [0.05, 0.1) is 5.92 Å². The van der Waals surface area contributed by atoms with E-state index in [1.54, 1.807) is 6.07 Å². The minimum Gasteiger partial charge on any atom is -0.490 e. The van der Waals surface area contributed by atoms with Crippen molar-refractivity contribution in [3.63, 3.8) is 0 Å². The van der Waals surface area contributed by atoms with E-state index in [-0.39, 0.29) is 17.8 Å². The van der Waals surface area contributed by atoms with Gasteiger partial charge >= 0.3 is 5.97 Å². The molecule has 94 valence electrons. The van der Waals surface area contributed by atoms with Crippen LogP contribution in [0, 0.1) is 11.8 Å². The van der Waals surface area contributed by atoms with E-state index in [2.05, 4.69) is 0 Å². The van der Waals surface area contributed by atoms with Crippen LogP contribution >= 0.6 is 0 Å². The summed E-state index contributed by atoms with van der Waals surface area (Å²) in [6.45, 7) is 1.99. The first-order valence-corrected chi connectivity index (χ1v) is 6.13. The lowest BCUT2D eigenvalue weighted by Crippen LogP contribution is -2.08. The summed E-state index contributed by atoms with van der Waals surface area (Å²) in [6, 6.07) is 5.39. The molecule has 1 aromatic carbocycles. The zero-order valence-electron chi connectivity index (χ0n) is 10.1. The van der Waals surface area contributed by atoms with Gasteiger partial charge in [-0.1, -0.05) is 0 Å². The molecular weight excluding hydrogens is 232 g/mol. The maximum Gasteiger partial charge on any atom is 0.307 e. The number of carboxylic acids is 1. The van der Waals surface area contributed by atoms with Crippen LogP contribution in [0.4, 0.5) is 0 Å². The molecule has 1 aromatic rings. The molecule has 3 unspecified atom stereocenters. The number of carbonyl (C=O) groups is 2. The van der Waals surface area contributed by atoms with E-state index in [9.17, 15) is 9.59 Å². The summed E-state index contributed by atoms with van der Waals surface area (Å²) in [7, 11) is 0. The van der Waals surface area contributed by atoms with Crippen LogP contribution in [0.15, 0.2) is 18.2 Å². The van der Waals surface area contributed by atoms with Gasteiger partial charge in [0.15, 0.2) is 5.78 Å². The van der Waals surface area contributed by atoms with Crippen molar-refractivity contribution in [2.75, 3.05) is 0 Å². The second-order valence-corrected chi connectivity index (χ2v) is 5.11. The molecule has 0 spiro atoms. The van der Waals surface area contributed by atoms with Crippen molar-refractivity contribution in [3.05, 3.63) is 29.3 Å². The topological polar surface area (TPSA) is 63.6 Å². The Kier molecular flexibility index (Phi) is 2.40. The predicted octanol–water partition coefficient (Wildman–Crippen LogP) is 1.91. The van der Waals surface area contributed by atoms with E-state index in [1.807, 2.05) is 19.1 Å². The van der Waals surface area contributed by atoms with Crippen molar-refractivity contribution in [1.29, 1.82) is 0 Å². The highest BCUT2D eigenvalue weighted by molar-refractivity contribution is 6.02. The molecule has 3 atom stereocenters. The molecule has 4 heteroatoms. The van der Waals surface area contributed by atoms with E-state index in [0.29, 0.717) is 12.0 Å². The lowest BCUT2D eigenvalue weighted by molar-refractivity contribution is -0.138. The molecule has 1 aliphatic heterocycles. The lowest BCUT2D eigenvalue weighted by atomic mass is 10.0. The summed E-state index contributed by atoms with van der Waals surface area (Å²) in [4.78, 5) is 22.9. The van der Waals surface area contributed by atoms with Crippen LogP contribution in [0.2, 0.25) is 0 Å². The predicted molar refractivity (Wildman–Crippen MR) is 63.8 cm³/mol. The Morgan fingerprint density at radius 1 is 1.33 bits per heavy atom. The van der Waals surface area contributed by atoms with Crippen LogP contribution in [0.1, 0.15) is 29.3 Å². The summed E-state index contributed by atoms with van der Waals surface area (Å²) in [6.07, 6.45) is 1.43. The molecule has 18 heavy (non-hydrogen) atoms. The van der Waals surface area contributed by atoms with E-state index in [0.717, 1.165) is 17.7 Å². The first-order chi connectivity index (χ1) is 8.56. The Labute approximate surface area is 105 Å². The monoisotopic (exact) mass is 246 g/mol. The quantitative estimate of drug-likeness (QED) is 0.827. The minimum absolute atomic E-state index is 0.0512. The zero-order chi connectivity index (χ0) is 12.9. The van der Waals surface area contributed by atoms with Crippen molar-refractivity contribution < 1.29 is 19.4 Å². The number of hydrogen-bond donors (Lipinski definition) is 1. The van der Waals surface area contributed by atoms with Gasteiger partial charge in [0.1, 0.15) is 11.9 Å². The van der Waals surface area contributed by atoms with Gasteiger partial charge in [-0.05, 0) is 37.1 Å². The van der Waals surface area contributed by atoms with Gasteiger partial charge in [0.25, 0.3) is 0 Å². The first kappa shape index (κ1) is 11.3. The molecule has 2 aliphatic rings. The average molecular weight is 246 g/mol. The third-order valence-electron chi connectivity index (χ3n) is 3.62. The lowest BCUT2D eigenvalue weighted by Gasteiger charge is -2.03. The van der Waals surface area contributed by atoms with Crippen LogP contribution in [-0.4, -0.2) is 23.0 Å². The van der Waals surface area contributed by atoms with Gasteiger partial charge in [0, 0.05) is 17.9 Å².